The maximum atomic E-state index is 13.6. The zero-order valence-electron chi connectivity index (χ0n) is 19.2. The van der Waals surface area contributed by atoms with E-state index in [0.717, 1.165) is 0 Å². The highest BCUT2D eigenvalue weighted by atomic mass is 32.1. The first-order valence-corrected chi connectivity index (χ1v) is 12.3. The van der Waals surface area contributed by atoms with Crippen LogP contribution in [0.2, 0.25) is 0 Å². The summed E-state index contributed by atoms with van der Waals surface area (Å²) in [5, 5.41) is 4.86. The van der Waals surface area contributed by atoms with E-state index in [9.17, 15) is 22.8 Å². The van der Waals surface area contributed by atoms with Gasteiger partial charge < -0.3 is 14.6 Å². The second kappa shape index (κ2) is 10.7. The third-order valence-electron chi connectivity index (χ3n) is 5.85. The van der Waals surface area contributed by atoms with E-state index >= 15 is 0 Å². The fourth-order valence-corrected chi connectivity index (χ4v) is 4.96. The van der Waals surface area contributed by atoms with Crippen LogP contribution in [0, 0.1) is 5.92 Å². The smallest absolute Gasteiger partial charge is 0.449 e. The van der Waals surface area contributed by atoms with Crippen LogP contribution in [-0.2, 0) is 33.5 Å². The second-order valence-corrected chi connectivity index (χ2v) is 9.28. The highest BCUT2D eigenvalue weighted by Gasteiger charge is 2.38. The standard InChI is InChI=1S/C23H26F3N5O3S/c1-2-34-20(33)11-16-14-35-22(27-16)29-19(32)13-30-9-7-15(8-10-30)12-31-18-6-4-3-5-17(18)28-21(31)23(24,25)26/h3-6,14-15H,2,7-13H2,1H3,(H,27,29,32). The van der Waals surface area contributed by atoms with Crippen molar-refractivity contribution in [2.24, 2.45) is 5.92 Å². The molecular weight excluding hydrogens is 483 g/mol. The lowest BCUT2D eigenvalue weighted by Gasteiger charge is -2.32. The summed E-state index contributed by atoms with van der Waals surface area (Å²) < 4.78 is 46.9. The van der Waals surface area contributed by atoms with Crippen LogP contribution >= 0.6 is 11.3 Å². The number of alkyl halides is 3. The van der Waals surface area contributed by atoms with Gasteiger partial charge in [-0.1, -0.05) is 12.1 Å². The summed E-state index contributed by atoms with van der Waals surface area (Å²) in [4.78, 5) is 34.0. The number of likely N-dealkylation sites (tertiary alicyclic amines) is 1. The van der Waals surface area contributed by atoms with E-state index in [1.165, 1.54) is 15.9 Å². The maximum absolute atomic E-state index is 13.6. The van der Waals surface area contributed by atoms with Crippen LogP contribution in [0.1, 0.15) is 31.3 Å². The van der Waals surface area contributed by atoms with E-state index in [4.69, 9.17) is 4.74 Å². The van der Waals surface area contributed by atoms with Gasteiger partial charge in [-0.15, -0.1) is 11.3 Å². The number of benzene rings is 1. The molecule has 8 nitrogen and oxygen atoms in total. The van der Waals surface area contributed by atoms with Crippen molar-refractivity contribution < 1.29 is 27.5 Å². The number of para-hydroxylation sites is 2. The molecule has 0 atom stereocenters. The molecule has 0 radical (unpaired) electrons. The first kappa shape index (κ1) is 25.1. The molecule has 1 N–H and O–H groups in total. The predicted molar refractivity (Wildman–Crippen MR) is 125 cm³/mol. The number of esters is 1. The number of carbonyl (C=O) groups is 2. The number of carbonyl (C=O) groups excluding carboxylic acids is 2. The Labute approximate surface area is 204 Å². The van der Waals surface area contributed by atoms with Crippen LogP contribution in [0.5, 0.6) is 0 Å². The van der Waals surface area contributed by atoms with Crippen LogP contribution in [0.15, 0.2) is 29.6 Å². The monoisotopic (exact) mass is 509 g/mol. The number of thiazole rings is 1. The first-order chi connectivity index (χ1) is 16.7. The SMILES string of the molecule is CCOC(=O)Cc1csc(NC(=O)CN2CCC(Cn3c(C(F)(F)F)nc4ccccc43)CC2)n1. The number of rotatable bonds is 8. The quantitative estimate of drug-likeness (QED) is 0.463. The van der Waals surface area contributed by atoms with E-state index in [-0.39, 0.29) is 37.3 Å². The zero-order valence-corrected chi connectivity index (χ0v) is 20.0. The average molecular weight is 510 g/mol. The average Bonchev–Trinajstić information content (AvgIpc) is 3.39. The van der Waals surface area contributed by atoms with Crippen molar-refractivity contribution in [1.29, 1.82) is 0 Å². The third-order valence-corrected chi connectivity index (χ3v) is 6.66. The number of aromatic nitrogens is 3. The third kappa shape index (κ3) is 6.37. The van der Waals surface area contributed by atoms with Gasteiger partial charge in [0, 0.05) is 11.9 Å². The van der Waals surface area contributed by atoms with E-state index in [2.05, 4.69) is 15.3 Å². The molecule has 1 aliphatic rings. The molecule has 3 aromatic rings. The minimum Gasteiger partial charge on any atom is -0.466 e. The van der Waals surface area contributed by atoms with Gasteiger partial charge in [0.15, 0.2) is 5.13 Å². The van der Waals surface area contributed by atoms with E-state index in [1.54, 1.807) is 36.6 Å². The van der Waals surface area contributed by atoms with Gasteiger partial charge in [0.25, 0.3) is 0 Å². The minimum atomic E-state index is -4.52. The van der Waals surface area contributed by atoms with Crippen molar-refractivity contribution in [2.45, 2.75) is 38.9 Å². The van der Waals surface area contributed by atoms with Crippen LogP contribution in [-0.4, -0.2) is 57.6 Å². The number of ether oxygens (including phenoxy) is 1. The Hall–Kier alpha value is -2.99. The highest BCUT2D eigenvalue weighted by molar-refractivity contribution is 7.13. The van der Waals surface area contributed by atoms with Gasteiger partial charge >= 0.3 is 12.1 Å². The Morgan fingerprint density at radius 2 is 1.94 bits per heavy atom. The van der Waals surface area contributed by atoms with Crippen LogP contribution in [0.3, 0.4) is 0 Å². The second-order valence-electron chi connectivity index (χ2n) is 8.43. The number of amides is 1. The van der Waals surface area contributed by atoms with E-state index < -0.39 is 12.0 Å². The molecule has 0 unspecified atom stereocenters. The summed E-state index contributed by atoms with van der Waals surface area (Å²) in [6, 6.07) is 6.64. The van der Waals surface area contributed by atoms with Gasteiger partial charge in [-0.2, -0.15) is 13.2 Å². The van der Waals surface area contributed by atoms with E-state index in [0.29, 0.717) is 54.4 Å². The first-order valence-electron chi connectivity index (χ1n) is 11.4. The molecule has 3 heterocycles. The number of fused-ring (bicyclic) bond motifs is 1. The number of nitrogens with zero attached hydrogens (tertiary/aromatic N) is 4. The van der Waals surface area contributed by atoms with Gasteiger partial charge in [0.2, 0.25) is 11.7 Å². The van der Waals surface area contributed by atoms with Crippen LogP contribution < -0.4 is 5.32 Å². The van der Waals surface area contributed by atoms with Crippen LogP contribution in [0.25, 0.3) is 11.0 Å². The van der Waals surface area contributed by atoms with Gasteiger partial charge in [0.05, 0.1) is 36.3 Å². The number of hydrogen-bond acceptors (Lipinski definition) is 7. The summed E-state index contributed by atoms with van der Waals surface area (Å²) in [6.07, 6.45) is -3.12. The van der Waals surface area contributed by atoms with Gasteiger partial charge in [-0.3, -0.25) is 14.5 Å². The van der Waals surface area contributed by atoms with Gasteiger partial charge in [-0.05, 0) is 50.9 Å². The molecule has 0 spiro atoms. The zero-order chi connectivity index (χ0) is 25.0. The van der Waals surface area contributed by atoms with Crippen molar-refractivity contribution in [3.05, 3.63) is 41.2 Å². The molecule has 1 fully saturated rings. The van der Waals surface area contributed by atoms with Crippen molar-refractivity contribution in [2.75, 3.05) is 31.6 Å². The van der Waals surface area contributed by atoms with E-state index in [1.807, 2.05) is 4.90 Å². The molecule has 1 amide bonds. The Morgan fingerprint density at radius 3 is 2.66 bits per heavy atom. The Bertz CT molecular complexity index is 1180. The number of hydrogen-bond donors (Lipinski definition) is 1. The van der Waals surface area contributed by atoms with Crippen molar-refractivity contribution in [3.63, 3.8) is 0 Å². The molecule has 0 aliphatic carbocycles. The number of halogens is 3. The number of piperidine rings is 1. The lowest BCUT2D eigenvalue weighted by atomic mass is 9.96. The fourth-order valence-electron chi connectivity index (χ4n) is 4.23. The molecule has 1 aromatic carbocycles. The molecule has 4 rings (SSSR count). The summed E-state index contributed by atoms with van der Waals surface area (Å²) in [7, 11) is 0. The summed E-state index contributed by atoms with van der Waals surface area (Å²) in [6.45, 7) is 3.65. The molecule has 1 saturated heterocycles. The maximum Gasteiger partial charge on any atom is 0.449 e. The highest BCUT2D eigenvalue weighted by Crippen LogP contribution is 2.33. The fraction of sp³-hybridized carbons (Fsp3) is 0.478. The number of nitrogens with one attached hydrogen (secondary N) is 1. The summed E-state index contributed by atoms with van der Waals surface area (Å²) in [5.41, 5.74) is 1.35. The molecule has 188 valence electrons. The number of anilines is 1. The summed E-state index contributed by atoms with van der Waals surface area (Å²) >= 11 is 1.24. The largest absolute Gasteiger partial charge is 0.466 e. The van der Waals surface area contributed by atoms with Gasteiger partial charge in [-0.25, -0.2) is 9.97 Å². The molecule has 0 bridgehead atoms. The summed E-state index contributed by atoms with van der Waals surface area (Å²) in [5.74, 6) is -1.41. The topological polar surface area (TPSA) is 89.4 Å². The molecule has 0 saturated carbocycles. The molecular formula is C23H26F3N5O3S. The lowest BCUT2D eigenvalue weighted by Crippen LogP contribution is -2.40. The lowest BCUT2D eigenvalue weighted by molar-refractivity contribution is -0.147. The molecule has 2 aromatic heterocycles. The van der Waals surface area contributed by atoms with Crippen LogP contribution in [0.4, 0.5) is 18.3 Å². The predicted octanol–water partition coefficient (Wildman–Crippen LogP) is 3.97. The molecule has 12 heteroatoms. The Morgan fingerprint density at radius 1 is 1.20 bits per heavy atom. The van der Waals surface area contributed by atoms with Crippen molar-refractivity contribution in [1.82, 2.24) is 19.4 Å². The van der Waals surface area contributed by atoms with Gasteiger partial charge in [0.1, 0.15) is 0 Å². The van der Waals surface area contributed by atoms with Crippen molar-refractivity contribution >= 4 is 39.4 Å². The molecule has 1 aliphatic heterocycles. The minimum absolute atomic E-state index is 0.0516. The van der Waals surface area contributed by atoms with Crippen molar-refractivity contribution in [3.8, 4) is 0 Å². The Kier molecular flexibility index (Phi) is 7.70. The molecule has 35 heavy (non-hydrogen) atoms. The normalized spacial score (nSPS) is 15.4. The number of imidazole rings is 1. The Balaban J connectivity index is 1.29.